The molecular weight excluding hydrogens is 465 g/mol. The molecule has 0 bridgehead atoms. The third-order valence-electron chi connectivity index (χ3n) is 6.71. The molecule has 1 aromatic heterocycles. The van der Waals surface area contributed by atoms with Crippen LogP contribution in [0.4, 0.5) is 15.9 Å². The van der Waals surface area contributed by atoms with Gasteiger partial charge in [0.15, 0.2) is 5.82 Å². The van der Waals surface area contributed by atoms with E-state index in [4.69, 9.17) is 4.98 Å². The first-order valence-electron chi connectivity index (χ1n) is 12.5. The Hall–Kier alpha value is -4.26. The highest BCUT2D eigenvalue weighted by atomic mass is 19.1. The number of nitrogens with one attached hydrogen (secondary N) is 1. The highest BCUT2D eigenvalue weighted by Gasteiger charge is 2.26. The van der Waals surface area contributed by atoms with Gasteiger partial charge in [-0.15, -0.1) is 0 Å². The minimum absolute atomic E-state index is 0.170. The Labute approximate surface area is 216 Å². The summed E-state index contributed by atoms with van der Waals surface area (Å²) in [5.41, 5.74) is 4.06. The lowest BCUT2D eigenvalue weighted by atomic mass is 10.1. The Balaban J connectivity index is 1.43. The van der Waals surface area contributed by atoms with Gasteiger partial charge >= 0.3 is 0 Å². The maximum absolute atomic E-state index is 14.4. The molecule has 1 saturated heterocycles. The van der Waals surface area contributed by atoms with Crippen molar-refractivity contribution >= 4 is 17.4 Å². The molecule has 2 heterocycles. The molecule has 7 heteroatoms. The van der Waals surface area contributed by atoms with Gasteiger partial charge in [-0.2, -0.15) is 0 Å². The standard InChI is InChI=1S/C30H30FN5O/c1-21-9-8-12-24(19-21)28-32-20-25(30(37)33-22(2)23-10-4-3-5-11-23)29(34-28)36-17-15-35(16-18-36)27-14-7-6-13-26(27)31/h3-14,19-20,22H,15-18H2,1-2H3,(H,33,37)/t22-/m1/s1. The SMILES string of the molecule is Cc1cccc(-c2ncc(C(=O)N[C@H](C)c3ccccc3)c(N3CCN(c4ccccc4F)CC3)n2)c1. The first-order chi connectivity index (χ1) is 18.0. The molecule has 0 unspecified atom stereocenters. The summed E-state index contributed by atoms with van der Waals surface area (Å²) in [5.74, 6) is 0.716. The average Bonchev–Trinajstić information content (AvgIpc) is 2.93. The lowest BCUT2D eigenvalue weighted by Gasteiger charge is -2.37. The van der Waals surface area contributed by atoms with E-state index < -0.39 is 0 Å². The van der Waals surface area contributed by atoms with Crippen LogP contribution in [0.25, 0.3) is 11.4 Å². The minimum Gasteiger partial charge on any atom is -0.366 e. The van der Waals surface area contributed by atoms with Crippen molar-refractivity contribution < 1.29 is 9.18 Å². The predicted molar refractivity (Wildman–Crippen MR) is 145 cm³/mol. The van der Waals surface area contributed by atoms with E-state index in [0.717, 1.165) is 16.7 Å². The van der Waals surface area contributed by atoms with Gasteiger partial charge in [0.2, 0.25) is 0 Å². The van der Waals surface area contributed by atoms with Crippen LogP contribution in [0.2, 0.25) is 0 Å². The molecule has 1 aliphatic rings. The number of carbonyl (C=O) groups excluding carboxylic acids is 1. The van der Waals surface area contributed by atoms with Crippen molar-refractivity contribution in [2.24, 2.45) is 0 Å². The van der Waals surface area contributed by atoms with Crippen LogP contribution in [0.1, 0.15) is 34.5 Å². The number of hydrogen-bond acceptors (Lipinski definition) is 5. The number of aryl methyl sites for hydroxylation is 1. The summed E-state index contributed by atoms with van der Waals surface area (Å²) in [4.78, 5) is 27.0. The Morgan fingerprint density at radius 1 is 0.919 bits per heavy atom. The summed E-state index contributed by atoms with van der Waals surface area (Å²) in [6.07, 6.45) is 1.62. The number of piperazine rings is 1. The molecule has 0 saturated carbocycles. The van der Waals surface area contributed by atoms with Gasteiger partial charge < -0.3 is 15.1 Å². The number of amides is 1. The molecule has 0 aliphatic carbocycles. The predicted octanol–water partition coefficient (Wildman–Crippen LogP) is 5.41. The normalized spacial score (nSPS) is 14.4. The number of nitrogens with zero attached hydrogens (tertiary/aromatic N) is 4. The molecule has 1 N–H and O–H groups in total. The van der Waals surface area contributed by atoms with E-state index >= 15 is 0 Å². The molecular formula is C30H30FN5O. The molecule has 37 heavy (non-hydrogen) atoms. The van der Waals surface area contributed by atoms with E-state index in [9.17, 15) is 9.18 Å². The molecule has 1 fully saturated rings. The van der Waals surface area contributed by atoms with E-state index in [0.29, 0.717) is 49.1 Å². The van der Waals surface area contributed by atoms with E-state index in [1.165, 1.54) is 6.07 Å². The highest BCUT2D eigenvalue weighted by Crippen LogP contribution is 2.27. The zero-order valence-corrected chi connectivity index (χ0v) is 21.1. The van der Waals surface area contributed by atoms with Crippen LogP contribution < -0.4 is 15.1 Å². The van der Waals surface area contributed by atoms with Crippen LogP contribution in [0.3, 0.4) is 0 Å². The number of halogens is 1. The first-order valence-corrected chi connectivity index (χ1v) is 12.5. The largest absolute Gasteiger partial charge is 0.366 e. The summed E-state index contributed by atoms with van der Waals surface area (Å²) >= 11 is 0. The monoisotopic (exact) mass is 495 g/mol. The molecule has 0 radical (unpaired) electrons. The fourth-order valence-corrected chi connectivity index (χ4v) is 4.66. The van der Waals surface area contributed by atoms with Gasteiger partial charge in [-0.25, -0.2) is 14.4 Å². The second-order valence-electron chi connectivity index (χ2n) is 9.33. The average molecular weight is 496 g/mol. The van der Waals surface area contributed by atoms with Gasteiger partial charge in [0, 0.05) is 37.9 Å². The van der Waals surface area contributed by atoms with E-state index in [2.05, 4.69) is 15.2 Å². The topological polar surface area (TPSA) is 61.4 Å². The first kappa shape index (κ1) is 24.4. The van der Waals surface area contributed by atoms with Gasteiger partial charge in [0.05, 0.1) is 11.7 Å². The minimum atomic E-state index is -0.227. The number of hydrogen-bond donors (Lipinski definition) is 1. The van der Waals surface area contributed by atoms with Crippen LogP contribution in [0.5, 0.6) is 0 Å². The van der Waals surface area contributed by atoms with Gasteiger partial charge in [-0.05, 0) is 37.6 Å². The third-order valence-corrected chi connectivity index (χ3v) is 6.71. The Bertz CT molecular complexity index is 1390. The number of benzene rings is 3. The molecule has 3 aromatic carbocycles. The smallest absolute Gasteiger partial charge is 0.257 e. The third kappa shape index (κ3) is 5.45. The van der Waals surface area contributed by atoms with Crippen LogP contribution in [0, 0.1) is 12.7 Å². The lowest BCUT2D eigenvalue weighted by molar-refractivity contribution is 0.0939. The van der Waals surface area contributed by atoms with Gasteiger partial charge in [-0.3, -0.25) is 4.79 Å². The number of carbonyl (C=O) groups is 1. The van der Waals surface area contributed by atoms with Crippen LogP contribution in [-0.2, 0) is 0 Å². The number of anilines is 2. The van der Waals surface area contributed by atoms with Crippen LogP contribution in [-0.4, -0.2) is 42.1 Å². The zero-order chi connectivity index (χ0) is 25.8. The van der Waals surface area contributed by atoms with Crippen molar-refractivity contribution in [2.45, 2.75) is 19.9 Å². The van der Waals surface area contributed by atoms with Crippen LogP contribution >= 0.6 is 0 Å². The number of aromatic nitrogens is 2. The maximum atomic E-state index is 14.4. The van der Waals surface area contributed by atoms with E-state index in [-0.39, 0.29) is 17.8 Å². The Morgan fingerprint density at radius 3 is 2.35 bits per heavy atom. The van der Waals surface area contributed by atoms with Crippen molar-refractivity contribution in [2.75, 3.05) is 36.0 Å². The molecule has 188 valence electrons. The zero-order valence-electron chi connectivity index (χ0n) is 21.1. The molecule has 0 spiro atoms. The molecule has 1 atom stereocenters. The highest BCUT2D eigenvalue weighted by molar-refractivity contribution is 5.99. The van der Waals surface area contributed by atoms with Crippen molar-refractivity contribution in [1.29, 1.82) is 0 Å². The van der Waals surface area contributed by atoms with Crippen molar-refractivity contribution in [3.8, 4) is 11.4 Å². The fraction of sp³-hybridized carbons (Fsp3) is 0.233. The summed E-state index contributed by atoms with van der Waals surface area (Å²) in [5, 5.41) is 3.10. The number of para-hydroxylation sites is 1. The van der Waals surface area contributed by atoms with E-state index in [1.807, 2.05) is 79.4 Å². The molecule has 4 aromatic rings. The van der Waals surface area contributed by atoms with Gasteiger partial charge in [-0.1, -0.05) is 66.2 Å². The number of rotatable bonds is 6. The van der Waals surface area contributed by atoms with E-state index in [1.54, 1.807) is 18.3 Å². The second kappa shape index (κ2) is 10.8. The van der Waals surface area contributed by atoms with Gasteiger partial charge in [0.1, 0.15) is 17.2 Å². The second-order valence-corrected chi connectivity index (χ2v) is 9.33. The van der Waals surface area contributed by atoms with Crippen LogP contribution in [0.15, 0.2) is 85.1 Å². The summed E-state index contributed by atoms with van der Waals surface area (Å²) in [6, 6.07) is 24.5. The molecule has 1 aliphatic heterocycles. The summed E-state index contributed by atoms with van der Waals surface area (Å²) < 4.78 is 14.4. The Kier molecular flexibility index (Phi) is 7.12. The molecule has 5 rings (SSSR count). The van der Waals surface area contributed by atoms with Gasteiger partial charge in [0.25, 0.3) is 5.91 Å². The summed E-state index contributed by atoms with van der Waals surface area (Å²) in [7, 11) is 0. The summed E-state index contributed by atoms with van der Waals surface area (Å²) in [6.45, 7) is 6.43. The molecule has 1 amide bonds. The maximum Gasteiger partial charge on any atom is 0.257 e. The fourth-order valence-electron chi connectivity index (χ4n) is 4.66. The van der Waals surface area contributed by atoms with Crippen molar-refractivity contribution in [3.05, 3.63) is 108 Å². The lowest BCUT2D eigenvalue weighted by Crippen LogP contribution is -2.47. The van der Waals surface area contributed by atoms with Crippen molar-refractivity contribution in [3.63, 3.8) is 0 Å². The Morgan fingerprint density at radius 2 is 1.62 bits per heavy atom. The van der Waals surface area contributed by atoms with Crippen molar-refractivity contribution in [1.82, 2.24) is 15.3 Å². The quantitative estimate of drug-likeness (QED) is 0.388. The molecule has 6 nitrogen and oxygen atoms in total.